The molecule has 9 heteroatoms. The number of methoxy groups -OCH3 is 2. The molecule has 0 unspecified atom stereocenters. The molecule has 0 saturated carbocycles. The zero-order valence-corrected chi connectivity index (χ0v) is 17.5. The zero-order chi connectivity index (χ0) is 21.0. The number of benzene rings is 2. The molecule has 152 valence electrons. The number of carbonyl (C=O) groups is 1. The van der Waals surface area contributed by atoms with Gasteiger partial charge in [-0.15, -0.1) is 10.2 Å². The summed E-state index contributed by atoms with van der Waals surface area (Å²) in [6.45, 7) is 3.73. The van der Waals surface area contributed by atoms with Gasteiger partial charge in [-0.2, -0.15) is 0 Å². The Morgan fingerprint density at radius 2 is 1.86 bits per heavy atom. The van der Waals surface area contributed by atoms with Crippen molar-refractivity contribution in [3.8, 4) is 22.9 Å². The van der Waals surface area contributed by atoms with Crippen molar-refractivity contribution in [2.24, 2.45) is 0 Å². The van der Waals surface area contributed by atoms with Crippen molar-refractivity contribution in [2.75, 3.05) is 25.4 Å². The van der Waals surface area contributed by atoms with E-state index in [-0.39, 0.29) is 5.91 Å². The summed E-state index contributed by atoms with van der Waals surface area (Å²) in [5.74, 6) is 7.82. The van der Waals surface area contributed by atoms with E-state index in [4.69, 9.17) is 15.3 Å². The molecule has 29 heavy (non-hydrogen) atoms. The molecule has 0 spiro atoms. The van der Waals surface area contributed by atoms with Gasteiger partial charge in [0.25, 0.3) is 0 Å². The highest BCUT2D eigenvalue weighted by molar-refractivity contribution is 8.00. The summed E-state index contributed by atoms with van der Waals surface area (Å²) in [7, 11) is 3.17. The van der Waals surface area contributed by atoms with Gasteiger partial charge in [0.2, 0.25) is 11.1 Å². The molecule has 0 aliphatic carbocycles. The van der Waals surface area contributed by atoms with E-state index in [0.717, 1.165) is 16.9 Å². The third-order valence-corrected chi connectivity index (χ3v) is 5.33. The number of anilines is 1. The van der Waals surface area contributed by atoms with E-state index < -0.39 is 5.25 Å². The molecule has 1 aromatic heterocycles. The van der Waals surface area contributed by atoms with Gasteiger partial charge in [-0.1, -0.05) is 17.8 Å². The minimum absolute atomic E-state index is 0.187. The number of rotatable bonds is 7. The molecule has 0 saturated heterocycles. The number of carbonyl (C=O) groups excluding carboxylic acids is 1. The van der Waals surface area contributed by atoms with Gasteiger partial charge in [0, 0.05) is 5.56 Å². The molecule has 2 aromatic carbocycles. The number of hydrogen-bond acceptors (Lipinski definition) is 7. The van der Waals surface area contributed by atoms with Crippen molar-refractivity contribution in [1.82, 2.24) is 14.9 Å². The summed E-state index contributed by atoms with van der Waals surface area (Å²) >= 11 is 1.23. The second-order valence-electron chi connectivity index (χ2n) is 6.36. The summed E-state index contributed by atoms with van der Waals surface area (Å²) < 4.78 is 11.8. The minimum atomic E-state index is -0.449. The van der Waals surface area contributed by atoms with Crippen LogP contribution < -0.4 is 20.6 Å². The zero-order valence-electron chi connectivity index (χ0n) is 16.7. The smallest absolute Gasteiger partial charge is 0.237 e. The van der Waals surface area contributed by atoms with E-state index in [1.807, 2.05) is 49.4 Å². The number of nitrogens with zero attached hydrogens (tertiary/aromatic N) is 3. The summed E-state index contributed by atoms with van der Waals surface area (Å²) in [6.07, 6.45) is 0. The normalized spacial score (nSPS) is 11.7. The Balaban J connectivity index is 1.72. The van der Waals surface area contributed by atoms with Gasteiger partial charge in [-0.05, 0) is 55.8 Å². The number of nitrogens with two attached hydrogens (primary N) is 1. The second-order valence-corrected chi connectivity index (χ2v) is 7.67. The highest BCUT2D eigenvalue weighted by atomic mass is 32.2. The summed E-state index contributed by atoms with van der Waals surface area (Å²) in [5.41, 5.74) is 2.44. The lowest BCUT2D eigenvalue weighted by Crippen LogP contribution is -2.24. The van der Waals surface area contributed by atoms with Gasteiger partial charge in [-0.25, -0.2) is 4.68 Å². The molecular formula is C20H23N5O3S. The fraction of sp³-hybridized carbons (Fsp3) is 0.250. The van der Waals surface area contributed by atoms with Gasteiger partial charge in [0.05, 0.1) is 25.2 Å². The van der Waals surface area contributed by atoms with Crippen LogP contribution in [0.25, 0.3) is 11.4 Å². The van der Waals surface area contributed by atoms with Crippen molar-refractivity contribution in [3.05, 3.63) is 48.0 Å². The maximum absolute atomic E-state index is 12.7. The van der Waals surface area contributed by atoms with E-state index in [1.165, 1.54) is 16.4 Å². The SMILES string of the molecule is COc1ccc(-c2nnc(S[C@@H](C)C(=O)Nc3cc(C)ccc3OC)n2N)cc1. The first-order chi connectivity index (χ1) is 13.9. The Morgan fingerprint density at radius 1 is 1.14 bits per heavy atom. The lowest BCUT2D eigenvalue weighted by Gasteiger charge is -2.14. The molecule has 3 rings (SSSR count). The van der Waals surface area contributed by atoms with Crippen LogP contribution in [0.4, 0.5) is 5.69 Å². The van der Waals surface area contributed by atoms with Gasteiger partial charge in [0.15, 0.2) is 5.82 Å². The number of nitrogen functional groups attached to an aromatic ring is 1. The number of amides is 1. The summed E-state index contributed by atoms with van der Waals surface area (Å²) in [5, 5.41) is 11.2. The monoisotopic (exact) mass is 413 g/mol. The third kappa shape index (κ3) is 4.62. The molecule has 0 aliphatic heterocycles. The molecule has 3 aromatic rings. The van der Waals surface area contributed by atoms with E-state index in [1.54, 1.807) is 21.1 Å². The quantitative estimate of drug-likeness (QED) is 0.453. The van der Waals surface area contributed by atoms with Gasteiger partial charge in [0.1, 0.15) is 11.5 Å². The molecule has 0 fully saturated rings. The molecule has 0 bridgehead atoms. The molecule has 1 atom stereocenters. The van der Waals surface area contributed by atoms with Gasteiger partial charge in [-0.3, -0.25) is 4.79 Å². The van der Waals surface area contributed by atoms with Crippen LogP contribution in [0, 0.1) is 6.92 Å². The Hall–Kier alpha value is -3.20. The predicted octanol–water partition coefficient (Wildman–Crippen LogP) is 3.10. The van der Waals surface area contributed by atoms with Crippen molar-refractivity contribution < 1.29 is 14.3 Å². The lowest BCUT2D eigenvalue weighted by atomic mass is 10.2. The molecule has 0 radical (unpaired) electrons. The minimum Gasteiger partial charge on any atom is -0.497 e. The Kier molecular flexibility index (Phi) is 6.28. The summed E-state index contributed by atoms with van der Waals surface area (Å²) in [6, 6.07) is 12.9. The third-order valence-electron chi connectivity index (χ3n) is 4.28. The Morgan fingerprint density at radius 3 is 2.52 bits per heavy atom. The first-order valence-electron chi connectivity index (χ1n) is 8.90. The van der Waals surface area contributed by atoms with Crippen LogP contribution in [-0.4, -0.2) is 40.3 Å². The largest absolute Gasteiger partial charge is 0.497 e. The average molecular weight is 414 g/mol. The Labute approximate surface area is 173 Å². The van der Waals surface area contributed by atoms with Crippen LogP contribution in [0.3, 0.4) is 0 Å². The molecule has 8 nitrogen and oxygen atoms in total. The molecule has 1 heterocycles. The van der Waals surface area contributed by atoms with E-state index in [0.29, 0.717) is 22.4 Å². The van der Waals surface area contributed by atoms with Crippen LogP contribution in [0.1, 0.15) is 12.5 Å². The Bertz CT molecular complexity index is 1000. The fourth-order valence-electron chi connectivity index (χ4n) is 2.66. The van der Waals surface area contributed by atoms with E-state index >= 15 is 0 Å². The fourth-order valence-corrected chi connectivity index (χ4v) is 3.43. The van der Waals surface area contributed by atoms with Crippen molar-refractivity contribution in [3.63, 3.8) is 0 Å². The highest BCUT2D eigenvalue weighted by Gasteiger charge is 2.21. The number of aromatic nitrogens is 3. The van der Waals surface area contributed by atoms with Crippen molar-refractivity contribution in [1.29, 1.82) is 0 Å². The van der Waals surface area contributed by atoms with E-state index in [2.05, 4.69) is 15.5 Å². The van der Waals surface area contributed by atoms with Crippen LogP contribution in [0.15, 0.2) is 47.6 Å². The number of ether oxygens (including phenoxy) is 2. The number of aryl methyl sites for hydroxylation is 1. The first kappa shape index (κ1) is 20.5. The van der Waals surface area contributed by atoms with Crippen LogP contribution in [0.5, 0.6) is 11.5 Å². The van der Waals surface area contributed by atoms with Crippen molar-refractivity contribution in [2.45, 2.75) is 24.3 Å². The van der Waals surface area contributed by atoms with E-state index in [9.17, 15) is 4.79 Å². The topological polar surface area (TPSA) is 104 Å². The molecule has 3 N–H and O–H groups in total. The lowest BCUT2D eigenvalue weighted by molar-refractivity contribution is -0.115. The number of thioether (sulfide) groups is 1. The second kappa shape index (κ2) is 8.87. The maximum atomic E-state index is 12.7. The highest BCUT2D eigenvalue weighted by Crippen LogP contribution is 2.29. The van der Waals surface area contributed by atoms with Gasteiger partial charge >= 0.3 is 0 Å². The molecule has 0 aliphatic rings. The van der Waals surface area contributed by atoms with Crippen molar-refractivity contribution >= 4 is 23.4 Å². The van der Waals surface area contributed by atoms with Crippen LogP contribution >= 0.6 is 11.8 Å². The first-order valence-corrected chi connectivity index (χ1v) is 9.78. The average Bonchev–Trinajstić information content (AvgIpc) is 3.08. The summed E-state index contributed by atoms with van der Waals surface area (Å²) in [4.78, 5) is 12.7. The van der Waals surface area contributed by atoms with Crippen LogP contribution in [0.2, 0.25) is 0 Å². The molecular weight excluding hydrogens is 390 g/mol. The standard InChI is InChI=1S/C20H23N5O3S/c1-12-5-10-17(28-4)16(11-12)22-19(26)13(2)29-20-24-23-18(25(20)21)14-6-8-15(27-3)9-7-14/h5-11,13H,21H2,1-4H3,(H,22,26)/t13-/m0/s1. The molecule has 1 amide bonds. The van der Waals surface area contributed by atoms with Gasteiger partial charge < -0.3 is 20.6 Å². The number of hydrogen-bond donors (Lipinski definition) is 2. The van der Waals surface area contributed by atoms with Crippen LogP contribution in [-0.2, 0) is 4.79 Å². The number of nitrogens with one attached hydrogen (secondary N) is 1. The predicted molar refractivity (Wildman–Crippen MR) is 114 cm³/mol. The maximum Gasteiger partial charge on any atom is 0.237 e.